The van der Waals surface area contributed by atoms with Gasteiger partial charge < -0.3 is 4.57 Å². The minimum Gasteiger partial charge on any atom is -0.305 e. The zero-order valence-corrected chi connectivity index (χ0v) is 14.5. The molecule has 0 saturated carbocycles. The smallest absolute Gasteiger partial charge is 0.191 e. The molecule has 0 amide bonds. The molecule has 3 aromatic heterocycles. The first-order valence-corrected chi connectivity index (χ1v) is 8.81. The van der Waals surface area contributed by atoms with Crippen molar-refractivity contribution in [3.63, 3.8) is 0 Å². The number of hydrogen-bond acceptors (Lipinski definition) is 5. The van der Waals surface area contributed by atoms with E-state index in [1.807, 2.05) is 40.7 Å². The Kier molecular flexibility index (Phi) is 4.30. The van der Waals surface area contributed by atoms with Crippen molar-refractivity contribution in [2.75, 3.05) is 0 Å². The lowest BCUT2D eigenvalue weighted by atomic mass is 10.2. The summed E-state index contributed by atoms with van der Waals surface area (Å²) in [4.78, 5) is 4.04. The number of pyridine rings is 1. The molecule has 0 atom stereocenters. The van der Waals surface area contributed by atoms with Crippen molar-refractivity contribution < 1.29 is 0 Å². The Balaban J connectivity index is 1.46. The third kappa shape index (κ3) is 3.32. The summed E-state index contributed by atoms with van der Waals surface area (Å²) < 4.78 is 3.86. The van der Waals surface area contributed by atoms with Gasteiger partial charge in [-0.15, -0.1) is 10.2 Å². The maximum absolute atomic E-state index is 4.31. The summed E-state index contributed by atoms with van der Waals surface area (Å²) >= 11 is 1.67. The molecule has 0 spiro atoms. The van der Waals surface area contributed by atoms with Gasteiger partial charge in [-0.2, -0.15) is 5.10 Å². The SMILES string of the molecule is Cn1c(SCc2ccc(-n3cccn3)cc2)nnc1-c1ccncc1. The van der Waals surface area contributed by atoms with Crippen molar-refractivity contribution >= 4 is 11.8 Å². The van der Waals surface area contributed by atoms with E-state index in [4.69, 9.17) is 0 Å². The first-order chi connectivity index (χ1) is 12.3. The zero-order valence-electron chi connectivity index (χ0n) is 13.6. The largest absolute Gasteiger partial charge is 0.305 e. The maximum atomic E-state index is 4.31. The van der Waals surface area contributed by atoms with Gasteiger partial charge in [-0.05, 0) is 35.9 Å². The van der Waals surface area contributed by atoms with Crippen LogP contribution in [0.3, 0.4) is 0 Å². The van der Waals surface area contributed by atoms with Gasteiger partial charge in [0.25, 0.3) is 0 Å². The molecule has 0 saturated heterocycles. The van der Waals surface area contributed by atoms with E-state index in [2.05, 4.69) is 44.5 Å². The highest BCUT2D eigenvalue weighted by Gasteiger charge is 2.11. The van der Waals surface area contributed by atoms with Crippen LogP contribution in [0.1, 0.15) is 5.56 Å². The van der Waals surface area contributed by atoms with Gasteiger partial charge >= 0.3 is 0 Å². The maximum Gasteiger partial charge on any atom is 0.191 e. The second kappa shape index (κ2) is 6.90. The molecule has 1 aromatic carbocycles. The second-order valence-corrected chi connectivity index (χ2v) is 6.45. The van der Waals surface area contributed by atoms with E-state index in [1.54, 1.807) is 30.4 Å². The van der Waals surface area contributed by atoms with E-state index in [9.17, 15) is 0 Å². The standard InChI is InChI=1S/C18H16N6S/c1-23-17(15-7-10-19-11-8-15)21-22-18(23)25-13-14-3-5-16(6-4-14)24-12-2-9-20-24/h2-12H,13H2,1H3. The van der Waals surface area contributed by atoms with Crippen LogP contribution in [0, 0.1) is 0 Å². The number of thioether (sulfide) groups is 1. The van der Waals surface area contributed by atoms with Gasteiger partial charge in [0.05, 0.1) is 5.69 Å². The Morgan fingerprint density at radius 2 is 1.76 bits per heavy atom. The molecule has 0 bridgehead atoms. The van der Waals surface area contributed by atoms with Gasteiger partial charge in [0.2, 0.25) is 0 Å². The van der Waals surface area contributed by atoms with E-state index in [0.29, 0.717) is 0 Å². The summed E-state index contributed by atoms with van der Waals surface area (Å²) in [6.07, 6.45) is 7.23. The predicted octanol–water partition coefficient (Wildman–Crippen LogP) is 3.36. The van der Waals surface area contributed by atoms with Gasteiger partial charge in [-0.1, -0.05) is 23.9 Å². The Hall–Kier alpha value is -2.93. The minimum atomic E-state index is 0.835. The highest BCUT2D eigenvalue weighted by molar-refractivity contribution is 7.98. The fourth-order valence-corrected chi connectivity index (χ4v) is 3.37. The third-order valence-electron chi connectivity index (χ3n) is 3.85. The molecule has 0 aliphatic carbocycles. The molecule has 4 rings (SSSR count). The molecule has 0 radical (unpaired) electrons. The van der Waals surface area contributed by atoms with E-state index >= 15 is 0 Å². The molecule has 3 heterocycles. The van der Waals surface area contributed by atoms with Crippen LogP contribution in [-0.2, 0) is 12.8 Å². The monoisotopic (exact) mass is 348 g/mol. The predicted molar refractivity (Wildman–Crippen MR) is 97.4 cm³/mol. The molecule has 0 aliphatic rings. The van der Waals surface area contributed by atoms with Crippen molar-refractivity contribution in [3.05, 3.63) is 72.8 Å². The van der Waals surface area contributed by atoms with Gasteiger partial charge in [-0.3, -0.25) is 4.98 Å². The van der Waals surface area contributed by atoms with Crippen LogP contribution in [-0.4, -0.2) is 29.5 Å². The van der Waals surface area contributed by atoms with Crippen LogP contribution in [0.4, 0.5) is 0 Å². The average molecular weight is 348 g/mol. The number of nitrogens with zero attached hydrogens (tertiary/aromatic N) is 6. The molecular weight excluding hydrogens is 332 g/mol. The molecule has 4 aromatic rings. The molecule has 25 heavy (non-hydrogen) atoms. The lowest BCUT2D eigenvalue weighted by molar-refractivity contribution is 0.793. The van der Waals surface area contributed by atoms with E-state index < -0.39 is 0 Å². The van der Waals surface area contributed by atoms with Crippen LogP contribution < -0.4 is 0 Å². The summed E-state index contributed by atoms with van der Waals surface area (Å²) in [6.45, 7) is 0. The zero-order chi connectivity index (χ0) is 17.1. The first kappa shape index (κ1) is 15.6. The summed E-state index contributed by atoms with van der Waals surface area (Å²) in [5.41, 5.74) is 3.30. The summed E-state index contributed by atoms with van der Waals surface area (Å²) in [5.74, 6) is 1.68. The van der Waals surface area contributed by atoms with Crippen molar-refractivity contribution in [3.8, 4) is 17.1 Å². The highest BCUT2D eigenvalue weighted by atomic mass is 32.2. The van der Waals surface area contributed by atoms with Crippen LogP contribution >= 0.6 is 11.8 Å². The normalized spacial score (nSPS) is 10.9. The van der Waals surface area contributed by atoms with Gasteiger partial charge in [-0.25, -0.2) is 4.68 Å². The van der Waals surface area contributed by atoms with Crippen LogP contribution in [0.15, 0.2) is 72.4 Å². The average Bonchev–Trinajstić information content (AvgIpc) is 3.31. The van der Waals surface area contributed by atoms with Crippen LogP contribution in [0.25, 0.3) is 17.1 Å². The van der Waals surface area contributed by atoms with E-state index in [-0.39, 0.29) is 0 Å². The van der Waals surface area contributed by atoms with Gasteiger partial charge in [0.1, 0.15) is 0 Å². The van der Waals surface area contributed by atoms with Crippen molar-refractivity contribution in [2.24, 2.45) is 7.05 Å². The highest BCUT2D eigenvalue weighted by Crippen LogP contribution is 2.25. The Labute approximate surface area is 149 Å². The fourth-order valence-electron chi connectivity index (χ4n) is 2.51. The van der Waals surface area contributed by atoms with Crippen molar-refractivity contribution in [1.29, 1.82) is 0 Å². The van der Waals surface area contributed by atoms with Gasteiger partial charge in [0.15, 0.2) is 11.0 Å². The second-order valence-electron chi connectivity index (χ2n) is 5.51. The molecule has 6 nitrogen and oxygen atoms in total. The number of rotatable bonds is 5. The topological polar surface area (TPSA) is 61.4 Å². The lowest BCUT2D eigenvalue weighted by Gasteiger charge is -2.05. The molecular formula is C18H16N6S. The quantitative estimate of drug-likeness (QED) is 0.518. The molecule has 0 aliphatic heterocycles. The summed E-state index contributed by atoms with van der Waals surface area (Å²) in [6, 6.07) is 14.2. The summed E-state index contributed by atoms with van der Waals surface area (Å²) in [5, 5.41) is 13.7. The molecule has 7 heteroatoms. The van der Waals surface area contributed by atoms with Crippen molar-refractivity contribution in [1.82, 2.24) is 29.5 Å². The Bertz CT molecular complexity index is 945. The third-order valence-corrected chi connectivity index (χ3v) is 4.94. The van der Waals surface area contributed by atoms with Crippen molar-refractivity contribution in [2.45, 2.75) is 10.9 Å². The molecule has 124 valence electrons. The number of hydrogen-bond donors (Lipinski definition) is 0. The number of aromatic nitrogens is 6. The van der Waals surface area contributed by atoms with Gasteiger partial charge in [0, 0.05) is 43.2 Å². The Morgan fingerprint density at radius 3 is 2.48 bits per heavy atom. The molecule has 0 N–H and O–H groups in total. The van der Waals surface area contributed by atoms with E-state index in [0.717, 1.165) is 28.0 Å². The van der Waals surface area contributed by atoms with E-state index in [1.165, 1.54) is 5.56 Å². The molecule has 0 unspecified atom stereocenters. The lowest BCUT2D eigenvalue weighted by Crippen LogP contribution is -1.96. The Morgan fingerprint density at radius 1 is 0.960 bits per heavy atom. The summed E-state index contributed by atoms with van der Waals surface area (Å²) in [7, 11) is 1.99. The number of benzene rings is 1. The van der Waals surface area contributed by atoms with Crippen LogP contribution in [0.5, 0.6) is 0 Å². The molecule has 0 fully saturated rings. The fraction of sp³-hybridized carbons (Fsp3) is 0.111. The minimum absolute atomic E-state index is 0.835. The van der Waals surface area contributed by atoms with Crippen LogP contribution in [0.2, 0.25) is 0 Å². The first-order valence-electron chi connectivity index (χ1n) is 7.83.